The highest BCUT2D eigenvalue weighted by molar-refractivity contribution is 8.15. The van der Waals surface area contributed by atoms with Gasteiger partial charge in [-0.15, -0.1) is 0 Å². The van der Waals surface area contributed by atoms with Gasteiger partial charge in [-0.2, -0.15) is 13.7 Å². The van der Waals surface area contributed by atoms with Crippen molar-refractivity contribution in [3.05, 3.63) is 47.5 Å². The molecule has 0 fully saturated rings. The maximum Gasteiger partial charge on any atom is 0.325 e. The van der Waals surface area contributed by atoms with E-state index in [1.54, 1.807) is 6.08 Å². The first-order valence-corrected chi connectivity index (χ1v) is 9.13. The fraction of sp³-hybridized carbons (Fsp3) is 0.286. The van der Waals surface area contributed by atoms with E-state index >= 15 is 0 Å². The molecule has 0 amide bonds. The Hall–Kier alpha value is -1.82. The predicted molar refractivity (Wildman–Crippen MR) is 86.6 cm³/mol. The Kier molecular flexibility index (Phi) is 5.24. The Morgan fingerprint density at radius 1 is 1.50 bits per heavy atom. The standard InChI is InChI=1S/C14H15N3O3S2/c1-22(18,19)20-17-14-7-6-13(21-14)12(9-16)11-5-3-2-4-10(11)8-15/h2-7,12-13H,8,15H2,1H3. The summed E-state index contributed by atoms with van der Waals surface area (Å²) < 4.78 is 26.3. The van der Waals surface area contributed by atoms with Gasteiger partial charge in [0.25, 0.3) is 0 Å². The van der Waals surface area contributed by atoms with E-state index in [0.717, 1.165) is 17.4 Å². The van der Waals surface area contributed by atoms with Crippen molar-refractivity contribution in [1.82, 2.24) is 0 Å². The van der Waals surface area contributed by atoms with E-state index in [1.165, 1.54) is 11.8 Å². The third-order valence-electron chi connectivity index (χ3n) is 3.03. The second-order valence-corrected chi connectivity index (χ2v) is 7.42. The van der Waals surface area contributed by atoms with Crippen molar-refractivity contribution in [1.29, 1.82) is 5.26 Å². The van der Waals surface area contributed by atoms with E-state index in [9.17, 15) is 13.7 Å². The van der Waals surface area contributed by atoms with Crippen LogP contribution in [0.2, 0.25) is 0 Å². The average molecular weight is 337 g/mol. The number of benzene rings is 1. The van der Waals surface area contributed by atoms with Gasteiger partial charge in [0.15, 0.2) is 0 Å². The maximum atomic E-state index is 10.9. The predicted octanol–water partition coefficient (Wildman–Crippen LogP) is 1.71. The van der Waals surface area contributed by atoms with E-state index in [4.69, 9.17) is 5.73 Å². The highest BCUT2D eigenvalue weighted by Gasteiger charge is 2.28. The summed E-state index contributed by atoms with van der Waals surface area (Å²) in [6.07, 6.45) is 4.39. The second kappa shape index (κ2) is 6.96. The molecule has 0 aliphatic carbocycles. The molecule has 0 radical (unpaired) electrons. The zero-order chi connectivity index (χ0) is 16.2. The smallest absolute Gasteiger partial charge is 0.325 e. The molecule has 2 atom stereocenters. The molecule has 1 aromatic carbocycles. The SMILES string of the molecule is CS(=O)(=O)ON=C1C=CC(C(C#N)c2ccccc2CN)S1. The molecule has 1 aliphatic rings. The lowest BCUT2D eigenvalue weighted by Gasteiger charge is -2.17. The van der Waals surface area contributed by atoms with Crippen LogP contribution in [-0.4, -0.2) is 25.0 Å². The molecule has 2 rings (SSSR count). The van der Waals surface area contributed by atoms with Gasteiger partial charge in [-0.3, -0.25) is 4.28 Å². The quantitative estimate of drug-likeness (QED) is 0.820. The fourth-order valence-electron chi connectivity index (χ4n) is 2.07. The number of hydrogen-bond acceptors (Lipinski definition) is 7. The van der Waals surface area contributed by atoms with Gasteiger partial charge in [0.05, 0.1) is 18.2 Å². The van der Waals surface area contributed by atoms with Gasteiger partial charge < -0.3 is 5.73 Å². The van der Waals surface area contributed by atoms with Crippen molar-refractivity contribution in [3.63, 3.8) is 0 Å². The first-order valence-electron chi connectivity index (χ1n) is 6.43. The van der Waals surface area contributed by atoms with Crippen molar-refractivity contribution in [2.24, 2.45) is 10.9 Å². The zero-order valence-corrected chi connectivity index (χ0v) is 13.5. The molecular formula is C14H15N3O3S2. The van der Waals surface area contributed by atoms with Crippen molar-refractivity contribution in [2.75, 3.05) is 6.26 Å². The van der Waals surface area contributed by atoms with Gasteiger partial charge in [-0.1, -0.05) is 47.3 Å². The summed E-state index contributed by atoms with van der Waals surface area (Å²) >= 11 is 1.28. The molecule has 22 heavy (non-hydrogen) atoms. The van der Waals surface area contributed by atoms with Crippen LogP contribution < -0.4 is 5.73 Å². The Balaban J connectivity index is 2.18. The minimum absolute atomic E-state index is 0.167. The fourth-order valence-corrected chi connectivity index (χ4v) is 3.35. The van der Waals surface area contributed by atoms with Gasteiger partial charge in [0.1, 0.15) is 5.04 Å². The number of oxime groups is 1. The van der Waals surface area contributed by atoms with Crippen molar-refractivity contribution in [2.45, 2.75) is 17.7 Å². The van der Waals surface area contributed by atoms with Crippen molar-refractivity contribution in [3.8, 4) is 6.07 Å². The Labute approximate surface area is 133 Å². The van der Waals surface area contributed by atoms with Crippen LogP contribution in [0.4, 0.5) is 0 Å². The lowest BCUT2D eigenvalue weighted by atomic mass is 9.92. The molecule has 6 nitrogen and oxygen atoms in total. The third kappa shape index (κ3) is 4.10. The molecule has 116 valence electrons. The summed E-state index contributed by atoms with van der Waals surface area (Å²) in [4.78, 5) is 0. The highest BCUT2D eigenvalue weighted by atomic mass is 32.2. The molecule has 1 heterocycles. The molecule has 8 heteroatoms. The van der Waals surface area contributed by atoms with Crippen LogP contribution in [0.3, 0.4) is 0 Å². The summed E-state index contributed by atoms with van der Waals surface area (Å²) in [5.74, 6) is -0.396. The number of hydrogen-bond donors (Lipinski definition) is 1. The molecule has 1 aromatic rings. The monoisotopic (exact) mass is 337 g/mol. The summed E-state index contributed by atoms with van der Waals surface area (Å²) in [7, 11) is -3.63. The topological polar surface area (TPSA) is 106 Å². The van der Waals surface area contributed by atoms with E-state index in [0.29, 0.717) is 11.6 Å². The van der Waals surface area contributed by atoms with Crippen LogP contribution in [-0.2, 0) is 20.9 Å². The van der Waals surface area contributed by atoms with Crippen LogP contribution in [0.15, 0.2) is 41.6 Å². The molecule has 2 N–H and O–H groups in total. The number of nitriles is 1. The number of nitrogens with zero attached hydrogens (tertiary/aromatic N) is 2. The average Bonchev–Trinajstić information content (AvgIpc) is 2.94. The Morgan fingerprint density at radius 2 is 2.23 bits per heavy atom. The minimum Gasteiger partial charge on any atom is -0.326 e. The van der Waals surface area contributed by atoms with Gasteiger partial charge in [-0.25, -0.2) is 0 Å². The lowest BCUT2D eigenvalue weighted by molar-refractivity contribution is 0.345. The first kappa shape index (κ1) is 16.5. The van der Waals surface area contributed by atoms with Crippen LogP contribution in [0.25, 0.3) is 0 Å². The van der Waals surface area contributed by atoms with Crippen LogP contribution in [0.1, 0.15) is 17.0 Å². The second-order valence-electron chi connectivity index (χ2n) is 4.66. The molecule has 0 bridgehead atoms. The summed E-state index contributed by atoms with van der Waals surface area (Å²) in [6, 6.07) is 9.81. The molecule has 0 saturated heterocycles. The van der Waals surface area contributed by atoms with E-state index < -0.39 is 16.0 Å². The molecule has 0 aromatic heterocycles. The third-order valence-corrected chi connectivity index (χ3v) is 4.52. The summed E-state index contributed by atoms with van der Waals surface area (Å²) in [5.41, 5.74) is 7.51. The van der Waals surface area contributed by atoms with Gasteiger partial charge >= 0.3 is 10.1 Å². The number of thioether (sulfide) groups is 1. The molecular weight excluding hydrogens is 322 g/mol. The van der Waals surface area contributed by atoms with Crippen LogP contribution in [0, 0.1) is 11.3 Å². The molecule has 2 unspecified atom stereocenters. The highest BCUT2D eigenvalue weighted by Crippen LogP contribution is 2.36. The molecule has 0 saturated carbocycles. The number of rotatable bonds is 5. The van der Waals surface area contributed by atoms with Gasteiger partial charge in [0, 0.05) is 11.8 Å². The van der Waals surface area contributed by atoms with Crippen LogP contribution in [0.5, 0.6) is 0 Å². The van der Waals surface area contributed by atoms with E-state index in [1.807, 2.05) is 30.3 Å². The van der Waals surface area contributed by atoms with Gasteiger partial charge in [0.2, 0.25) is 0 Å². The Bertz CT molecular complexity index is 751. The van der Waals surface area contributed by atoms with Gasteiger partial charge in [-0.05, 0) is 17.2 Å². The summed E-state index contributed by atoms with van der Waals surface area (Å²) in [5, 5.41) is 13.3. The van der Waals surface area contributed by atoms with Crippen LogP contribution >= 0.6 is 11.8 Å². The number of nitrogens with two attached hydrogens (primary N) is 1. The van der Waals surface area contributed by atoms with Crippen molar-refractivity contribution >= 4 is 26.9 Å². The lowest BCUT2D eigenvalue weighted by Crippen LogP contribution is -2.14. The normalized spacial score (nSPS) is 20.8. The van der Waals surface area contributed by atoms with E-state index in [2.05, 4.69) is 15.5 Å². The summed E-state index contributed by atoms with van der Waals surface area (Å²) in [6.45, 7) is 0.355. The maximum absolute atomic E-state index is 10.9. The van der Waals surface area contributed by atoms with Crippen molar-refractivity contribution < 1.29 is 12.7 Å². The van der Waals surface area contributed by atoms with E-state index in [-0.39, 0.29) is 5.25 Å². The zero-order valence-electron chi connectivity index (χ0n) is 11.8. The molecule has 0 spiro atoms. The Morgan fingerprint density at radius 3 is 2.86 bits per heavy atom. The largest absolute Gasteiger partial charge is 0.326 e. The molecule has 1 aliphatic heterocycles. The minimum atomic E-state index is -3.63. The first-order chi connectivity index (χ1) is 10.4.